The molecule has 6 heteroatoms. The minimum Gasteiger partial charge on any atom is -0.356 e. The Hall–Kier alpha value is -2.70. The summed E-state index contributed by atoms with van der Waals surface area (Å²) >= 11 is 0. The maximum Gasteiger partial charge on any atom is 0.226 e. The second-order valence-corrected chi connectivity index (χ2v) is 6.59. The summed E-state index contributed by atoms with van der Waals surface area (Å²) in [6.45, 7) is 2.13. The SMILES string of the molecule is O=C(NCCCn1cnc2ccccc21)C1CNNC1c1ccccc1. The molecule has 0 bridgehead atoms. The molecule has 3 aromatic rings. The third-order valence-electron chi connectivity index (χ3n) is 4.88. The van der Waals surface area contributed by atoms with Crippen LogP contribution in [0.4, 0.5) is 0 Å². The van der Waals surface area contributed by atoms with E-state index in [9.17, 15) is 4.79 Å². The molecule has 0 aliphatic carbocycles. The van der Waals surface area contributed by atoms with Gasteiger partial charge in [0.25, 0.3) is 0 Å². The van der Waals surface area contributed by atoms with E-state index in [4.69, 9.17) is 0 Å². The molecular formula is C20H23N5O. The zero-order valence-electron chi connectivity index (χ0n) is 14.6. The molecule has 2 unspecified atom stereocenters. The van der Waals surface area contributed by atoms with E-state index in [1.807, 2.05) is 42.7 Å². The molecular weight excluding hydrogens is 326 g/mol. The number of hydrazine groups is 1. The number of nitrogens with one attached hydrogen (secondary N) is 3. The number of amides is 1. The first kappa shape index (κ1) is 16.8. The number of aromatic nitrogens is 2. The predicted molar refractivity (Wildman–Crippen MR) is 101 cm³/mol. The number of hydrogen-bond acceptors (Lipinski definition) is 4. The van der Waals surface area contributed by atoms with Crippen LogP contribution in [0.15, 0.2) is 60.9 Å². The number of para-hydroxylation sites is 2. The fourth-order valence-corrected chi connectivity index (χ4v) is 3.50. The van der Waals surface area contributed by atoms with E-state index >= 15 is 0 Å². The van der Waals surface area contributed by atoms with Crippen molar-refractivity contribution in [3.8, 4) is 0 Å². The first-order chi connectivity index (χ1) is 12.8. The van der Waals surface area contributed by atoms with Gasteiger partial charge in [-0.2, -0.15) is 0 Å². The minimum absolute atomic E-state index is 0.00814. The van der Waals surface area contributed by atoms with E-state index in [0.29, 0.717) is 13.1 Å². The van der Waals surface area contributed by atoms with Crippen molar-refractivity contribution in [2.24, 2.45) is 5.92 Å². The lowest BCUT2D eigenvalue weighted by atomic mass is 9.94. The van der Waals surface area contributed by atoms with Gasteiger partial charge in [0.05, 0.1) is 29.3 Å². The smallest absolute Gasteiger partial charge is 0.226 e. The summed E-state index contributed by atoms with van der Waals surface area (Å²) < 4.78 is 2.13. The molecule has 1 aliphatic heterocycles. The van der Waals surface area contributed by atoms with E-state index in [0.717, 1.165) is 29.6 Å². The van der Waals surface area contributed by atoms with Gasteiger partial charge < -0.3 is 9.88 Å². The lowest BCUT2D eigenvalue weighted by molar-refractivity contribution is -0.124. The molecule has 26 heavy (non-hydrogen) atoms. The van der Waals surface area contributed by atoms with Crippen molar-refractivity contribution < 1.29 is 4.79 Å². The van der Waals surface area contributed by atoms with Crippen LogP contribution in [0.1, 0.15) is 18.0 Å². The van der Waals surface area contributed by atoms with Crippen LogP contribution in [0.5, 0.6) is 0 Å². The van der Waals surface area contributed by atoms with Gasteiger partial charge in [-0.1, -0.05) is 42.5 Å². The van der Waals surface area contributed by atoms with Crippen molar-refractivity contribution in [3.05, 3.63) is 66.5 Å². The standard InChI is InChI=1S/C20H23N5O/c26-20(16-13-23-24-19(16)15-7-2-1-3-8-15)21-11-6-12-25-14-22-17-9-4-5-10-18(17)25/h1-5,7-10,14,16,19,23-24H,6,11-13H2,(H,21,26). The van der Waals surface area contributed by atoms with Crippen molar-refractivity contribution in [1.29, 1.82) is 0 Å². The van der Waals surface area contributed by atoms with Crippen LogP contribution >= 0.6 is 0 Å². The maximum absolute atomic E-state index is 12.6. The quantitative estimate of drug-likeness (QED) is 0.596. The molecule has 1 aliphatic rings. The summed E-state index contributed by atoms with van der Waals surface area (Å²) in [6.07, 6.45) is 2.73. The molecule has 6 nitrogen and oxygen atoms in total. The predicted octanol–water partition coefficient (Wildman–Crippen LogP) is 2.01. The molecule has 134 valence electrons. The van der Waals surface area contributed by atoms with Crippen LogP contribution in [0, 0.1) is 5.92 Å². The van der Waals surface area contributed by atoms with Crippen LogP contribution in [0.2, 0.25) is 0 Å². The van der Waals surface area contributed by atoms with Gasteiger partial charge in [0, 0.05) is 19.6 Å². The van der Waals surface area contributed by atoms with Gasteiger partial charge in [0.15, 0.2) is 0 Å². The Morgan fingerprint density at radius 3 is 2.85 bits per heavy atom. The summed E-state index contributed by atoms with van der Waals surface area (Å²) in [7, 11) is 0. The first-order valence-corrected chi connectivity index (χ1v) is 9.04. The van der Waals surface area contributed by atoms with Gasteiger partial charge in [-0.05, 0) is 24.1 Å². The van der Waals surface area contributed by atoms with Gasteiger partial charge in [-0.15, -0.1) is 0 Å². The van der Waals surface area contributed by atoms with Crippen LogP contribution in [0.3, 0.4) is 0 Å². The average molecular weight is 349 g/mol. The lowest BCUT2D eigenvalue weighted by Gasteiger charge is -2.18. The zero-order chi connectivity index (χ0) is 17.8. The van der Waals surface area contributed by atoms with E-state index in [1.165, 1.54) is 0 Å². The third-order valence-corrected chi connectivity index (χ3v) is 4.88. The monoisotopic (exact) mass is 349 g/mol. The van der Waals surface area contributed by atoms with Crippen molar-refractivity contribution in [2.75, 3.05) is 13.1 Å². The molecule has 1 aromatic heterocycles. The highest BCUT2D eigenvalue weighted by atomic mass is 16.2. The van der Waals surface area contributed by atoms with Gasteiger partial charge >= 0.3 is 0 Å². The van der Waals surface area contributed by atoms with Crippen molar-refractivity contribution in [2.45, 2.75) is 19.0 Å². The van der Waals surface area contributed by atoms with Gasteiger partial charge in [0.1, 0.15) is 0 Å². The lowest BCUT2D eigenvalue weighted by Crippen LogP contribution is -2.35. The number of nitrogens with zero attached hydrogens (tertiary/aromatic N) is 2. The van der Waals surface area contributed by atoms with Gasteiger partial charge in [-0.3, -0.25) is 10.2 Å². The Kier molecular flexibility index (Phi) is 4.95. The third kappa shape index (κ3) is 3.47. The fourth-order valence-electron chi connectivity index (χ4n) is 3.50. The van der Waals surface area contributed by atoms with Crippen LogP contribution in [0.25, 0.3) is 11.0 Å². The van der Waals surface area contributed by atoms with Crippen LogP contribution in [-0.2, 0) is 11.3 Å². The number of aryl methyl sites for hydroxylation is 1. The molecule has 3 N–H and O–H groups in total. The summed E-state index contributed by atoms with van der Waals surface area (Å²) in [5.74, 6) is -0.0154. The highest BCUT2D eigenvalue weighted by Crippen LogP contribution is 2.24. The number of carbonyl (C=O) groups excluding carboxylic acids is 1. The normalized spacial score (nSPS) is 19.7. The molecule has 2 atom stereocenters. The van der Waals surface area contributed by atoms with Crippen molar-refractivity contribution >= 4 is 16.9 Å². The minimum atomic E-state index is -0.105. The molecule has 2 aromatic carbocycles. The van der Waals surface area contributed by atoms with E-state index in [-0.39, 0.29) is 17.9 Å². The van der Waals surface area contributed by atoms with E-state index in [2.05, 4.69) is 43.9 Å². The number of carbonyl (C=O) groups is 1. The molecule has 1 amide bonds. The molecule has 2 heterocycles. The summed E-state index contributed by atoms with van der Waals surface area (Å²) in [5.41, 5.74) is 9.59. The first-order valence-electron chi connectivity index (χ1n) is 9.04. The zero-order valence-corrected chi connectivity index (χ0v) is 14.6. The number of hydrogen-bond donors (Lipinski definition) is 3. The maximum atomic E-state index is 12.6. The Morgan fingerprint density at radius 2 is 1.96 bits per heavy atom. The van der Waals surface area contributed by atoms with Gasteiger partial charge in [0.2, 0.25) is 5.91 Å². The summed E-state index contributed by atoms with van der Waals surface area (Å²) in [4.78, 5) is 17.0. The van der Waals surface area contributed by atoms with Gasteiger partial charge in [-0.25, -0.2) is 10.4 Å². The molecule has 1 fully saturated rings. The number of rotatable bonds is 6. The number of benzene rings is 2. The molecule has 1 saturated heterocycles. The highest BCUT2D eigenvalue weighted by Gasteiger charge is 2.33. The molecule has 0 spiro atoms. The molecule has 4 rings (SSSR count). The average Bonchev–Trinajstić information content (AvgIpc) is 3.33. The highest BCUT2D eigenvalue weighted by molar-refractivity contribution is 5.80. The number of fused-ring (bicyclic) bond motifs is 1. The second-order valence-electron chi connectivity index (χ2n) is 6.59. The largest absolute Gasteiger partial charge is 0.356 e. The Labute approximate surface area is 152 Å². The Balaban J connectivity index is 1.30. The van der Waals surface area contributed by atoms with E-state index < -0.39 is 0 Å². The summed E-state index contributed by atoms with van der Waals surface area (Å²) in [5, 5.41) is 3.08. The van der Waals surface area contributed by atoms with Crippen LogP contribution in [-0.4, -0.2) is 28.5 Å². The Bertz CT molecular complexity index is 876. The topological polar surface area (TPSA) is 71.0 Å². The fraction of sp³-hybridized carbons (Fsp3) is 0.300. The number of imidazole rings is 1. The van der Waals surface area contributed by atoms with Crippen LogP contribution < -0.4 is 16.2 Å². The van der Waals surface area contributed by atoms with Crippen molar-refractivity contribution in [1.82, 2.24) is 25.7 Å². The van der Waals surface area contributed by atoms with Crippen molar-refractivity contribution in [3.63, 3.8) is 0 Å². The Morgan fingerprint density at radius 1 is 1.15 bits per heavy atom. The molecule has 0 saturated carbocycles. The summed E-state index contributed by atoms with van der Waals surface area (Å²) in [6, 6.07) is 18.2. The van der Waals surface area contributed by atoms with E-state index in [1.54, 1.807) is 0 Å². The molecule has 0 radical (unpaired) electrons. The second kappa shape index (κ2) is 7.68.